The fourth-order valence-corrected chi connectivity index (χ4v) is 4.61. The first kappa shape index (κ1) is 19.9. The molecule has 2 aromatic rings. The zero-order valence-corrected chi connectivity index (χ0v) is 16.4. The summed E-state index contributed by atoms with van der Waals surface area (Å²) < 4.78 is 44.8. The molecule has 1 unspecified atom stereocenters. The molecule has 1 aliphatic rings. The zero-order valence-electron chi connectivity index (χ0n) is 15.6. The molecule has 1 fully saturated rings. The van der Waals surface area contributed by atoms with Gasteiger partial charge in [0, 0.05) is 26.4 Å². The van der Waals surface area contributed by atoms with E-state index in [1.165, 1.54) is 10.5 Å². The summed E-state index contributed by atoms with van der Waals surface area (Å²) in [6.45, 7) is 3.98. The Labute approximate surface area is 158 Å². The first-order valence-electron chi connectivity index (χ1n) is 8.99. The third-order valence-electron chi connectivity index (χ3n) is 4.43. The molecule has 3 rings (SSSR count). The second kappa shape index (κ2) is 8.91. The summed E-state index contributed by atoms with van der Waals surface area (Å²) in [5, 5.41) is 8.07. The number of methoxy groups -OCH3 is 1. The van der Waals surface area contributed by atoms with Gasteiger partial charge in [0.15, 0.2) is 5.82 Å². The lowest BCUT2D eigenvalue weighted by Gasteiger charge is -2.32. The van der Waals surface area contributed by atoms with Crippen molar-refractivity contribution in [3.8, 4) is 0 Å². The summed E-state index contributed by atoms with van der Waals surface area (Å²) in [6.07, 6.45) is 5.27. The van der Waals surface area contributed by atoms with E-state index in [9.17, 15) is 8.42 Å². The zero-order chi connectivity index (χ0) is 19.3. The minimum Gasteiger partial charge on any atom is -0.382 e. The van der Waals surface area contributed by atoms with Gasteiger partial charge in [0.05, 0.1) is 25.5 Å². The molecule has 27 heavy (non-hydrogen) atoms. The van der Waals surface area contributed by atoms with Crippen LogP contribution in [0.5, 0.6) is 0 Å². The van der Waals surface area contributed by atoms with Gasteiger partial charge in [-0.05, 0) is 19.8 Å². The summed E-state index contributed by atoms with van der Waals surface area (Å²) in [7, 11) is -2.09. The van der Waals surface area contributed by atoms with Crippen molar-refractivity contribution in [3.05, 3.63) is 24.1 Å². The number of piperidine rings is 1. The molecule has 0 bridgehead atoms. The molecule has 2 aromatic heterocycles. The lowest BCUT2D eigenvalue weighted by Crippen LogP contribution is -2.38. The van der Waals surface area contributed by atoms with Gasteiger partial charge in [-0.25, -0.2) is 8.42 Å². The van der Waals surface area contributed by atoms with E-state index < -0.39 is 16.1 Å². The smallest absolute Gasteiger partial charge is 0.252 e. The molecule has 0 aromatic carbocycles. The van der Waals surface area contributed by atoms with Crippen LogP contribution in [-0.2, 0) is 32.6 Å². The maximum absolute atomic E-state index is 13.1. The molecule has 1 aliphatic heterocycles. The second-order valence-corrected chi connectivity index (χ2v) is 8.14. The first-order valence-corrected chi connectivity index (χ1v) is 10.4. The SMILES string of the molecule is CCn1cc(S(=O)(=O)N2CCCCC2c2noc(COCCOC)n2)cn1. The van der Waals surface area contributed by atoms with Crippen LogP contribution in [0.3, 0.4) is 0 Å². The Kier molecular flexibility index (Phi) is 6.58. The third-order valence-corrected chi connectivity index (χ3v) is 6.29. The molecule has 1 atom stereocenters. The molecule has 0 spiro atoms. The van der Waals surface area contributed by atoms with Gasteiger partial charge in [-0.1, -0.05) is 11.6 Å². The van der Waals surface area contributed by atoms with Crippen LogP contribution in [0, 0.1) is 0 Å². The van der Waals surface area contributed by atoms with Gasteiger partial charge >= 0.3 is 0 Å². The molecular weight excluding hydrogens is 374 g/mol. The lowest BCUT2D eigenvalue weighted by atomic mass is 10.0. The standard InChI is InChI=1S/C16H25N5O5S/c1-3-20-11-13(10-17-20)27(22,23)21-7-5-4-6-14(21)16-18-15(26-19-16)12-25-9-8-24-2/h10-11,14H,3-9,12H2,1-2H3. The van der Waals surface area contributed by atoms with Crippen LogP contribution in [0.1, 0.15) is 43.9 Å². The highest BCUT2D eigenvalue weighted by molar-refractivity contribution is 7.89. The van der Waals surface area contributed by atoms with Crippen molar-refractivity contribution in [2.75, 3.05) is 26.9 Å². The summed E-state index contributed by atoms with van der Waals surface area (Å²) in [4.78, 5) is 4.52. The molecule has 0 aliphatic carbocycles. The summed E-state index contributed by atoms with van der Waals surface area (Å²) in [5.41, 5.74) is 0. The molecule has 11 heteroatoms. The number of sulfonamides is 1. The third kappa shape index (κ3) is 4.54. The van der Waals surface area contributed by atoms with Gasteiger partial charge in [0.1, 0.15) is 11.5 Å². The molecule has 150 valence electrons. The molecule has 0 saturated carbocycles. The highest BCUT2D eigenvalue weighted by Crippen LogP contribution is 2.34. The van der Waals surface area contributed by atoms with Crippen LogP contribution in [0.25, 0.3) is 0 Å². The summed E-state index contributed by atoms with van der Waals surface area (Å²) in [6, 6.07) is -0.454. The van der Waals surface area contributed by atoms with Crippen molar-refractivity contribution >= 4 is 10.0 Å². The fraction of sp³-hybridized carbons (Fsp3) is 0.688. The minimum atomic E-state index is -3.68. The number of aromatic nitrogens is 4. The quantitative estimate of drug-likeness (QED) is 0.581. The number of hydrogen-bond acceptors (Lipinski definition) is 8. The van der Waals surface area contributed by atoms with Crippen molar-refractivity contribution in [2.45, 2.75) is 50.3 Å². The Morgan fingerprint density at radius 3 is 2.93 bits per heavy atom. The average Bonchev–Trinajstić information content (AvgIpc) is 3.35. The Balaban J connectivity index is 1.76. The minimum absolute atomic E-state index is 0.166. The van der Waals surface area contributed by atoms with Crippen molar-refractivity contribution in [2.24, 2.45) is 0 Å². The van der Waals surface area contributed by atoms with Crippen LogP contribution in [0.2, 0.25) is 0 Å². The van der Waals surface area contributed by atoms with Crippen molar-refractivity contribution in [1.29, 1.82) is 0 Å². The molecule has 0 N–H and O–H groups in total. The number of rotatable bonds is 9. The van der Waals surface area contributed by atoms with E-state index in [0.717, 1.165) is 12.8 Å². The van der Waals surface area contributed by atoms with Crippen LogP contribution in [0.4, 0.5) is 0 Å². The molecular formula is C16H25N5O5S. The lowest BCUT2D eigenvalue weighted by molar-refractivity contribution is 0.0494. The molecule has 1 saturated heterocycles. The maximum atomic E-state index is 13.1. The van der Waals surface area contributed by atoms with Crippen LogP contribution >= 0.6 is 0 Å². The van der Waals surface area contributed by atoms with E-state index in [2.05, 4.69) is 15.2 Å². The van der Waals surface area contributed by atoms with E-state index in [1.54, 1.807) is 18.0 Å². The monoisotopic (exact) mass is 399 g/mol. The number of nitrogens with zero attached hydrogens (tertiary/aromatic N) is 5. The Bertz CT molecular complexity index is 834. The second-order valence-electron chi connectivity index (χ2n) is 6.25. The fourth-order valence-electron chi connectivity index (χ4n) is 3.00. The molecule has 0 amide bonds. The Morgan fingerprint density at radius 2 is 2.19 bits per heavy atom. The van der Waals surface area contributed by atoms with Gasteiger partial charge < -0.3 is 14.0 Å². The average molecular weight is 399 g/mol. The highest BCUT2D eigenvalue weighted by Gasteiger charge is 2.37. The highest BCUT2D eigenvalue weighted by atomic mass is 32.2. The Hall–Kier alpha value is -1.82. The van der Waals surface area contributed by atoms with Crippen LogP contribution in [-0.4, -0.2) is 59.5 Å². The van der Waals surface area contributed by atoms with Crippen molar-refractivity contribution in [1.82, 2.24) is 24.2 Å². The van der Waals surface area contributed by atoms with Gasteiger partial charge in [-0.3, -0.25) is 4.68 Å². The summed E-state index contributed by atoms with van der Waals surface area (Å²) >= 11 is 0. The van der Waals surface area contributed by atoms with Crippen LogP contribution < -0.4 is 0 Å². The summed E-state index contributed by atoms with van der Waals surface area (Å²) in [5.74, 6) is 0.689. The maximum Gasteiger partial charge on any atom is 0.252 e. The van der Waals surface area contributed by atoms with E-state index in [0.29, 0.717) is 44.4 Å². The van der Waals surface area contributed by atoms with Crippen LogP contribution in [0.15, 0.2) is 21.8 Å². The van der Waals surface area contributed by atoms with Gasteiger partial charge in [0.25, 0.3) is 5.89 Å². The van der Waals surface area contributed by atoms with E-state index in [1.807, 2.05) is 6.92 Å². The Morgan fingerprint density at radius 1 is 1.33 bits per heavy atom. The topological polar surface area (TPSA) is 113 Å². The molecule has 0 radical (unpaired) electrons. The number of aryl methyl sites for hydroxylation is 1. The first-order chi connectivity index (χ1) is 13.1. The van der Waals surface area contributed by atoms with Gasteiger partial charge in [0.2, 0.25) is 10.0 Å². The largest absolute Gasteiger partial charge is 0.382 e. The number of ether oxygens (including phenoxy) is 2. The number of hydrogen-bond donors (Lipinski definition) is 0. The van der Waals surface area contributed by atoms with Gasteiger partial charge in [-0.2, -0.15) is 14.4 Å². The molecule has 10 nitrogen and oxygen atoms in total. The van der Waals surface area contributed by atoms with Crippen molar-refractivity contribution < 1.29 is 22.4 Å². The normalized spacial score (nSPS) is 18.8. The van der Waals surface area contributed by atoms with E-state index in [4.69, 9.17) is 14.0 Å². The molecule has 3 heterocycles. The van der Waals surface area contributed by atoms with Gasteiger partial charge in [-0.15, -0.1) is 0 Å². The predicted octanol–water partition coefficient (Wildman–Crippen LogP) is 1.36. The van der Waals surface area contributed by atoms with Crippen molar-refractivity contribution in [3.63, 3.8) is 0 Å². The predicted molar refractivity (Wildman–Crippen MR) is 94.2 cm³/mol. The van der Waals surface area contributed by atoms with E-state index >= 15 is 0 Å². The van der Waals surface area contributed by atoms with E-state index in [-0.39, 0.29) is 11.5 Å².